The van der Waals surface area contributed by atoms with Crippen LogP contribution in [0.15, 0.2) is 5.10 Å². The number of rotatable bonds is 7. The molecule has 146 valence electrons. The van der Waals surface area contributed by atoms with E-state index in [1.807, 2.05) is 13.8 Å². The molecule has 26 heavy (non-hydrogen) atoms. The topological polar surface area (TPSA) is 122 Å². The molecular weight excluding hydrogens is 362 g/mol. The summed E-state index contributed by atoms with van der Waals surface area (Å²) in [7, 11) is -3.18. The average molecular weight is 387 g/mol. The fraction of sp³-hybridized carbons (Fsp3) is 0.750. The lowest BCUT2D eigenvalue weighted by Crippen LogP contribution is -2.42. The number of hydrogen-bond donors (Lipinski definition) is 1. The number of carbonyl (C=O) groups excluding carboxylic acids is 3. The summed E-state index contributed by atoms with van der Waals surface area (Å²) in [6.07, 6.45) is 2.04. The van der Waals surface area contributed by atoms with Crippen LogP contribution in [0.1, 0.15) is 46.0 Å². The van der Waals surface area contributed by atoms with Gasteiger partial charge in [0.1, 0.15) is 5.71 Å². The monoisotopic (exact) mass is 387 g/mol. The third kappa shape index (κ3) is 5.26. The van der Waals surface area contributed by atoms with E-state index in [1.165, 1.54) is 0 Å². The molecule has 0 radical (unpaired) electrons. The first-order chi connectivity index (χ1) is 12.3. The summed E-state index contributed by atoms with van der Waals surface area (Å²) in [6, 6.07) is -0.514. The third-order valence-electron chi connectivity index (χ3n) is 4.53. The van der Waals surface area contributed by atoms with Crippen LogP contribution in [0.3, 0.4) is 0 Å². The van der Waals surface area contributed by atoms with Crippen molar-refractivity contribution < 1.29 is 27.5 Å². The quantitative estimate of drug-likeness (QED) is 0.614. The van der Waals surface area contributed by atoms with Crippen molar-refractivity contribution in [3.63, 3.8) is 0 Å². The van der Waals surface area contributed by atoms with Crippen LogP contribution >= 0.6 is 0 Å². The largest absolute Gasteiger partial charge is 0.451 e. The number of hydrazone groups is 1. The van der Waals surface area contributed by atoms with Crippen molar-refractivity contribution in [2.75, 3.05) is 18.1 Å². The van der Waals surface area contributed by atoms with Crippen molar-refractivity contribution >= 4 is 33.3 Å². The highest BCUT2D eigenvalue weighted by atomic mass is 32.2. The number of sulfone groups is 1. The zero-order valence-corrected chi connectivity index (χ0v) is 15.9. The van der Waals surface area contributed by atoms with Crippen LogP contribution < -0.4 is 5.32 Å². The van der Waals surface area contributed by atoms with E-state index in [1.54, 1.807) is 0 Å². The van der Waals surface area contributed by atoms with Crippen molar-refractivity contribution in [3.05, 3.63) is 0 Å². The zero-order valence-electron chi connectivity index (χ0n) is 15.1. The molecule has 0 spiro atoms. The van der Waals surface area contributed by atoms with Crippen LogP contribution in [0.5, 0.6) is 0 Å². The number of nitrogens with one attached hydrogen (secondary N) is 1. The molecule has 0 bridgehead atoms. The van der Waals surface area contributed by atoms with Gasteiger partial charge in [0.2, 0.25) is 5.91 Å². The SMILES string of the molecule is CCC(CC)NC(=O)COC(=O)C1=NN([C@H]2CCS(=O)(=O)C2)C(=O)CC1. The van der Waals surface area contributed by atoms with E-state index in [-0.39, 0.29) is 42.0 Å². The maximum absolute atomic E-state index is 12.1. The van der Waals surface area contributed by atoms with Gasteiger partial charge in [-0.05, 0) is 19.3 Å². The summed E-state index contributed by atoms with van der Waals surface area (Å²) in [5, 5.41) is 7.86. The van der Waals surface area contributed by atoms with Gasteiger partial charge in [0.05, 0.1) is 17.5 Å². The maximum atomic E-state index is 12.1. The van der Waals surface area contributed by atoms with Crippen molar-refractivity contribution in [1.82, 2.24) is 10.3 Å². The minimum atomic E-state index is -3.18. The van der Waals surface area contributed by atoms with E-state index in [0.717, 1.165) is 17.9 Å². The van der Waals surface area contributed by atoms with Gasteiger partial charge < -0.3 is 10.1 Å². The standard InChI is InChI=1S/C16H25N3O6S/c1-3-11(4-2)17-14(20)9-25-16(22)13-5-6-15(21)19(18-13)12-7-8-26(23,24)10-12/h11-12H,3-10H2,1-2H3,(H,17,20)/t12-/m0/s1. The molecule has 2 amide bonds. The zero-order chi connectivity index (χ0) is 19.3. The van der Waals surface area contributed by atoms with Crippen molar-refractivity contribution in [3.8, 4) is 0 Å². The van der Waals surface area contributed by atoms with Crippen LogP contribution in [-0.4, -0.2) is 67.1 Å². The number of hydrogen-bond acceptors (Lipinski definition) is 7. The molecule has 1 N–H and O–H groups in total. The Bertz CT molecular complexity index is 699. The van der Waals surface area contributed by atoms with Gasteiger partial charge in [0.15, 0.2) is 16.4 Å². The number of nitrogens with zero attached hydrogens (tertiary/aromatic N) is 2. The van der Waals surface area contributed by atoms with Gasteiger partial charge in [-0.2, -0.15) is 5.10 Å². The van der Waals surface area contributed by atoms with E-state index in [4.69, 9.17) is 4.74 Å². The summed E-state index contributed by atoms with van der Waals surface area (Å²) in [4.78, 5) is 36.0. The van der Waals surface area contributed by atoms with Crippen LogP contribution in [0.2, 0.25) is 0 Å². The molecule has 1 fully saturated rings. The van der Waals surface area contributed by atoms with Gasteiger partial charge >= 0.3 is 5.97 Å². The van der Waals surface area contributed by atoms with Crippen LogP contribution in [-0.2, 0) is 29.0 Å². The lowest BCUT2D eigenvalue weighted by molar-refractivity contribution is -0.143. The first-order valence-electron chi connectivity index (χ1n) is 8.82. The Balaban J connectivity index is 1.94. The molecule has 2 heterocycles. The van der Waals surface area contributed by atoms with Gasteiger partial charge in [0, 0.05) is 18.9 Å². The minimum absolute atomic E-state index is 0.00689. The lowest BCUT2D eigenvalue weighted by atomic mass is 10.1. The Labute approximate surface area is 153 Å². The van der Waals surface area contributed by atoms with Crippen molar-refractivity contribution in [2.45, 2.75) is 58.0 Å². The molecular formula is C16H25N3O6S. The highest BCUT2D eigenvalue weighted by molar-refractivity contribution is 7.91. The number of ether oxygens (including phenoxy) is 1. The van der Waals surface area contributed by atoms with Gasteiger partial charge in [-0.3, -0.25) is 9.59 Å². The molecule has 2 aliphatic rings. The Hall–Kier alpha value is -1.97. The van der Waals surface area contributed by atoms with Crippen LogP contribution in [0.25, 0.3) is 0 Å². The second kappa shape index (κ2) is 8.61. The second-order valence-electron chi connectivity index (χ2n) is 6.50. The summed E-state index contributed by atoms with van der Waals surface area (Å²) < 4.78 is 28.2. The summed E-state index contributed by atoms with van der Waals surface area (Å²) in [5.41, 5.74) is 0.0317. The average Bonchev–Trinajstić information content (AvgIpc) is 2.97. The predicted molar refractivity (Wildman–Crippen MR) is 94.0 cm³/mol. The first-order valence-corrected chi connectivity index (χ1v) is 10.6. The molecule has 0 aromatic rings. The normalized spacial score (nSPS) is 22.3. The van der Waals surface area contributed by atoms with Gasteiger partial charge in [-0.1, -0.05) is 13.8 Å². The van der Waals surface area contributed by atoms with E-state index in [2.05, 4.69) is 10.4 Å². The molecule has 2 rings (SSSR count). The Morgan fingerprint density at radius 2 is 2.00 bits per heavy atom. The third-order valence-corrected chi connectivity index (χ3v) is 6.28. The van der Waals surface area contributed by atoms with Gasteiger partial charge in [0.25, 0.3) is 5.91 Å². The molecule has 1 saturated heterocycles. The Kier molecular flexibility index (Phi) is 6.74. The molecule has 0 aromatic heterocycles. The number of amides is 2. The second-order valence-corrected chi connectivity index (χ2v) is 8.73. The Morgan fingerprint density at radius 1 is 1.31 bits per heavy atom. The highest BCUT2D eigenvalue weighted by Crippen LogP contribution is 2.22. The summed E-state index contributed by atoms with van der Waals surface area (Å²) in [5.74, 6) is -1.61. The molecule has 0 aromatic carbocycles. The van der Waals surface area contributed by atoms with E-state index in [0.29, 0.717) is 6.42 Å². The summed E-state index contributed by atoms with van der Waals surface area (Å²) in [6.45, 7) is 3.48. The first kappa shape index (κ1) is 20.3. The van der Waals surface area contributed by atoms with Crippen LogP contribution in [0, 0.1) is 0 Å². The van der Waals surface area contributed by atoms with Crippen molar-refractivity contribution in [1.29, 1.82) is 0 Å². The molecule has 10 heteroatoms. The van der Waals surface area contributed by atoms with E-state index < -0.39 is 34.4 Å². The lowest BCUT2D eigenvalue weighted by Gasteiger charge is -2.27. The maximum Gasteiger partial charge on any atom is 0.355 e. The highest BCUT2D eigenvalue weighted by Gasteiger charge is 2.37. The molecule has 0 aliphatic carbocycles. The number of esters is 1. The van der Waals surface area contributed by atoms with E-state index in [9.17, 15) is 22.8 Å². The van der Waals surface area contributed by atoms with Gasteiger partial charge in [-0.25, -0.2) is 18.2 Å². The van der Waals surface area contributed by atoms with Crippen LogP contribution in [0.4, 0.5) is 0 Å². The molecule has 2 aliphatic heterocycles. The minimum Gasteiger partial charge on any atom is -0.451 e. The predicted octanol–water partition coefficient (Wildman–Crippen LogP) is -0.0001000. The van der Waals surface area contributed by atoms with Crippen molar-refractivity contribution in [2.24, 2.45) is 5.10 Å². The molecule has 1 atom stereocenters. The van der Waals surface area contributed by atoms with E-state index >= 15 is 0 Å². The molecule has 9 nitrogen and oxygen atoms in total. The molecule has 0 unspecified atom stereocenters. The molecule has 0 saturated carbocycles. The Morgan fingerprint density at radius 3 is 2.58 bits per heavy atom. The number of carbonyl (C=O) groups is 3. The fourth-order valence-electron chi connectivity index (χ4n) is 2.95. The smallest absolute Gasteiger partial charge is 0.355 e. The summed E-state index contributed by atoms with van der Waals surface area (Å²) >= 11 is 0. The fourth-order valence-corrected chi connectivity index (χ4v) is 4.64. The van der Waals surface area contributed by atoms with Gasteiger partial charge in [-0.15, -0.1) is 0 Å².